The molecular formula is C17H14FN5O3S2. The average molecular weight is 419 g/mol. The number of nitro groups is 1. The largest absolute Gasteiger partial charge is 0.330 e. The number of nitrogens with zero attached hydrogens (tertiary/aromatic N) is 4. The number of halogens is 1. The number of thioether (sulfide) groups is 1. The molecule has 0 spiro atoms. The molecule has 0 atom stereocenters. The first-order chi connectivity index (χ1) is 13.4. The Morgan fingerprint density at radius 2 is 2.04 bits per heavy atom. The van der Waals surface area contributed by atoms with E-state index in [9.17, 15) is 19.3 Å². The molecule has 0 fully saturated rings. The highest BCUT2D eigenvalue weighted by Gasteiger charge is 2.15. The Kier molecular flexibility index (Phi) is 6.16. The first-order valence-electron chi connectivity index (χ1n) is 7.92. The minimum Gasteiger partial charge on any atom is -0.330 e. The number of hydrogen-bond acceptors (Lipinski definition) is 8. The van der Waals surface area contributed by atoms with Crippen molar-refractivity contribution >= 4 is 51.2 Å². The highest BCUT2D eigenvalue weighted by atomic mass is 32.2. The van der Waals surface area contributed by atoms with Crippen molar-refractivity contribution in [2.45, 2.75) is 4.34 Å². The van der Waals surface area contributed by atoms with Crippen LogP contribution in [0.4, 0.5) is 26.6 Å². The number of anilines is 3. The maximum Gasteiger partial charge on any atom is 0.269 e. The van der Waals surface area contributed by atoms with Gasteiger partial charge in [0.2, 0.25) is 11.0 Å². The van der Waals surface area contributed by atoms with Gasteiger partial charge in [-0.3, -0.25) is 14.9 Å². The van der Waals surface area contributed by atoms with E-state index >= 15 is 0 Å². The second-order valence-electron chi connectivity index (χ2n) is 5.52. The Morgan fingerprint density at radius 3 is 2.71 bits per heavy atom. The average Bonchev–Trinajstić information content (AvgIpc) is 3.13. The SMILES string of the molecule is CN(C(=O)CSc1nnc(Nc2cccc(F)c2)s1)c1ccc([N+](=O)[O-])cc1. The molecule has 0 bridgehead atoms. The summed E-state index contributed by atoms with van der Waals surface area (Å²) in [4.78, 5) is 24.0. The normalized spacial score (nSPS) is 10.5. The summed E-state index contributed by atoms with van der Waals surface area (Å²) >= 11 is 2.48. The molecule has 28 heavy (non-hydrogen) atoms. The van der Waals surface area contributed by atoms with E-state index in [1.807, 2.05) is 0 Å². The fourth-order valence-corrected chi connectivity index (χ4v) is 3.86. The molecule has 0 aliphatic carbocycles. The molecular weight excluding hydrogens is 405 g/mol. The first kappa shape index (κ1) is 19.7. The van der Waals surface area contributed by atoms with Gasteiger partial charge in [-0.15, -0.1) is 10.2 Å². The summed E-state index contributed by atoms with van der Waals surface area (Å²) in [5.41, 5.74) is 1.08. The number of carbonyl (C=O) groups is 1. The number of amides is 1. The molecule has 0 saturated heterocycles. The lowest BCUT2D eigenvalue weighted by atomic mass is 10.2. The molecule has 11 heteroatoms. The van der Waals surface area contributed by atoms with Crippen LogP contribution in [0.2, 0.25) is 0 Å². The molecule has 1 heterocycles. The number of non-ortho nitro benzene ring substituents is 1. The van der Waals surface area contributed by atoms with Gasteiger partial charge in [0, 0.05) is 30.6 Å². The van der Waals surface area contributed by atoms with E-state index in [4.69, 9.17) is 0 Å². The molecule has 8 nitrogen and oxygen atoms in total. The van der Waals surface area contributed by atoms with Crippen LogP contribution in [0.15, 0.2) is 52.9 Å². The number of nitrogens with one attached hydrogen (secondary N) is 1. The van der Waals surface area contributed by atoms with Crippen molar-refractivity contribution in [3.05, 3.63) is 64.5 Å². The highest BCUT2D eigenvalue weighted by molar-refractivity contribution is 8.01. The van der Waals surface area contributed by atoms with Crippen LogP contribution in [0.1, 0.15) is 0 Å². The van der Waals surface area contributed by atoms with Crippen LogP contribution in [-0.2, 0) is 4.79 Å². The van der Waals surface area contributed by atoms with Crippen LogP contribution in [-0.4, -0.2) is 33.8 Å². The molecule has 2 aromatic carbocycles. The third-order valence-corrected chi connectivity index (χ3v) is 5.58. The predicted octanol–water partition coefficient (Wildman–Crippen LogP) is 4.08. The second kappa shape index (κ2) is 8.76. The molecule has 1 amide bonds. The number of rotatable bonds is 7. The zero-order chi connectivity index (χ0) is 20.1. The van der Waals surface area contributed by atoms with Crippen LogP contribution in [0.3, 0.4) is 0 Å². The van der Waals surface area contributed by atoms with Crippen LogP contribution >= 0.6 is 23.1 Å². The van der Waals surface area contributed by atoms with Crippen molar-refractivity contribution in [3.8, 4) is 0 Å². The molecule has 3 aromatic rings. The van der Waals surface area contributed by atoms with Crippen LogP contribution in [0.25, 0.3) is 0 Å². The third-order valence-electron chi connectivity index (χ3n) is 3.62. The Hall–Kier alpha value is -3.05. The summed E-state index contributed by atoms with van der Waals surface area (Å²) in [5.74, 6) is -0.417. The number of aromatic nitrogens is 2. The lowest BCUT2D eigenvalue weighted by Crippen LogP contribution is -2.27. The summed E-state index contributed by atoms with van der Waals surface area (Å²) < 4.78 is 13.8. The van der Waals surface area contributed by atoms with Crippen molar-refractivity contribution in [3.63, 3.8) is 0 Å². The number of benzene rings is 2. The molecule has 0 unspecified atom stereocenters. The van der Waals surface area contributed by atoms with Gasteiger partial charge in [0.25, 0.3) is 5.69 Å². The quantitative estimate of drug-likeness (QED) is 0.350. The summed E-state index contributed by atoms with van der Waals surface area (Å²) in [6.07, 6.45) is 0. The van der Waals surface area contributed by atoms with Gasteiger partial charge in [-0.1, -0.05) is 29.2 Å². The fourth-order valence-electron chi connectivity index (χ4n) is 2.17. The molecule has 0 aliphatic heterocycles. The summed E-state index contributed by atoms with van der Waals surface area (Å²) in [6.45, 7) is 0. The standard InChI is InChI=1S/C17H14FN5O3S2/c1-22(13-5-7-14(8-6-13)23(25)26)15(24)10-27-17-21-20-16(28-17)19-12-4-2-3-11(18)9-12/h2-9H,10H2,1H3,(H,19,20). The fraction of sp³-hybridized carbons (Fsp3) is 0.118. The maximum atomic E-state index is 13.2. The van der Waals surface area contributed by atoms with Crippen molar-refractivity contribution in [2.75, 3.05) is 23.0 Å². The van der Waals surface area contributed by atoms with Gasteiger partial charge in [-0.25, -0.2) is 4.39 Å². The van der Waals surface area contributed by atoms with Gasteiger partial charge in [0.05, 0.1) is 10.7 Å². The second-order valence-corrected chi connectivity index (χ2v) is 7.72. The topological polar surface area (TPSA) is 101 Å². The van der Waals surface area contributed by atoms with Crippen molar-refractivity contribution in [1.82, 2.24) is 10.2 Å². The van der Waals surface area contributed by atoms with Gasteiger partial charge in [-0.2, -0.15) is 0 Å². The predicted molar refractivity (Wildman–Crippen MR) is 107 cm³/mol. The molecule has 144 valence electrons. The van der Waals surface area contributed by atoms with E-state index in [1.54, 1.807) is 19.2 Å². The van der Waals surface area contributed by atoms with E-state index in [2.05, 4.69) is 15.5 Å². The molecule has 0 saturated carbocycles. The number of carbonyl (C=O) groups excluding carboxylic acids is 1. The molecule has 0 aliphatic rings. The third kappa shape index (κ3) is 5.02. The van der Waals surface area contributed by atoms with E-state index in [-0.39, 0.29) is 23.2 Å². The van der Waals surface area contributed by atoms with Crippen molar-refractivity contribution in [1.29, 1.82) is 0 Å². The monoisotopic (exact) mass is 419 g/mol. The van der Waals surface area contributed by atoms with Gasteiger partial charge in [-0.05, 0) is 30.3 Å². The van der Waals surface area contributed by atoms with Gasteiger partial charge in [0.1, 0.15) is 5.82 Å². The number of hydrogen-bond donors (Lipinski definition) is 1. The summed E-state index contributed by atoms with van der Waals surface area (Å²) in [6, 6.07) is 11.7. The van der Waals surface area contributed by atoms with Crippen LogP contribution < -0.4 is 10.2 Å². The van der Waals surface area contributed by atoms with E-state index in [0.29, 0.717) is 20.8 Å². The Labute approximate surface area is 167 Å². The zero-order valence-corrected chi connectivity index (χ0v) is 16.2. The van der Waals surface area contributed by atoms with E-state index in [0.717, 1.165) is 0 Å². The lowest BCUT2D eigenvalue weighted by Gasteiger charge is -2.16. The van der Waals surface area contributed by atoms with Gasteiger partial charge < -0.3 is 10.2 Å². The first-order valence-corrected chi connectivity index (χ1v) is 9.72. The van der Waals surface area contributed by atoms with Gasteiger partial charge in [0.15, 0.2) is 4.34 Å². The molecule has 1 aromatic heterocycles. The number of nitro benzene ring substituents is 1. The lowest BCUT2D eigenvalue weighted by molar-refractivity contribution is -0.384. The summed E-state index contributed by atoms with van der Waals surface area (Å²) in [5, 5.41) is 22.1. The minimum atomic E-state index is -0.494. The molecule has 1 N–H and O–H groups in total. The van der Waals surface area contributed by atoms with Crippen LogP contribution in [0.5, 0.6) is 0 Å². The van der Waals surface area contributed by atoms with Crippen molar-refractivity contribution < 1.29 is 14.1 Å². The van der Waals surface area contributed by atoms with Gasteiger partial charge >= 0.3 is 0 Å². The van der Waals surface area contributed by atoms with Crippen molar-refractivity contribution in [2.24, 2.45) is 0 Å². The molecule has 3 rings (SSSR count). The smallest absolute Gasteiger partial charge is 0.269 e. The van der Waals surface area contributed by atoms with Crippen LogP contribution in [0, 0.1) is 15.9 Å². The highest BCUT2D eigenvalue weighted by Crippen LogP contribution is 2.28. The Morgan fingerprint density at radius 1 is 1.29 bits per heavy atom. The molecule has 0 radical (unpaired) electrons. The minimum absolute atomic E-state index is 0.0360. The maximum absolute atomic E-state index is 13.2. The summed E-state index contributed by atoms with van der Waals surface area (Å²) in [7, 11) is 1.60. The van der Waals surface area contributed by atoms with E-state index < -0.39 is 4.92 Å². The Balaban J connectivity index is 1.55. The van der Waals surface area contributed by atoms with E-state index in [1.165, 1.54) is 64.4 Å². The Bertz CT molecular complexity index is 996. The zero-order valence-electron chi connectivity index (χ0n) is 14.5.